The minimum absolute atomic E-state index is 0.154. The number of nitrogen functional groups attached to an aromatic ring is 1. The summed E-state index contributed by atoms with van der Waals surface area (Å²) in [6.07, 6.45) is 0.328. The van der Waals surface area contributed by atoms with Crippen molar-refractivity contribution >= 4 is 17.0 Å². The van der Waals surface area contributed by atoms with Crippen molar-refractivity contribution in [3.05, 3.63) is 12.7 Å². The van der Waals surface area contributed by atoms with Crippen molar-refractivity contribution in [2.75, 3.05) is 12.3 Å². The maximum Gasteiger partial charge on any atom is 0.168 e. The van der Waals surface area contributed by atoms with Crippen LogP contribution in [0.3, 0.4) is 0 Å². The van der Waals surface area contributed by atoms with Gasteiger partial charge in [0.25, 0.3) is 0 Å². The van der Waals surface area contributed by atoms with E-state index in [0.29, 0.717) is 11.2 Å². The van der Waals surface area contributed by atoms with Crippen molar-refractivity contribution in [2.24, 2.45) is 0 Å². The van der Waals surface area contributed by atoms with Gasteiger partial charge in [0.1, 0.15) is 18.0 Å². The maximum atomic E-state index is 13.9. The number of anilines is 1. The highest BCUT2D eigenvalue weighted by Crippen LogP contribution is 2.33. The van der Waals surface area contributed by atoms with Gasteiger partial charge >= 0.3 is 0 Å². The Morgan fingerprint density at radius 1 is 1.50 bits per heavy atom. The van der Waals surface area contributed by atoms with Crippen LogP contribution in [0.25, 0.3) is 11.2 Å². The van der Waals surface area contributed by atoms with Crippen molar-refractivity contribution in [1.29, 1.82) is 0 Å². The Hall–Kier alpha value is -1.80. The standard InChI is InChI=1S/C10H12FN5O2/c11-6-1-5(2-17)18-10(6)16-4-15-7-8(12)13-3-14-9(7)16/h3-6,10,17H,1-2H2,(H2,12,13,14)/t5-,6-,10?/m0/s1. The summed E-state index contributed by atoms with van der Waals surface area (Å²) in [5.74, 6) is 0.242. The second-order valence-electron chi connectivity index (χ2n) is 4.17. The normalized spacial score (nSPS) is 28.0. The first-order valence-corrected chi connectivity index (χ1v) is 5.54. The van der Waals surface area contributed by atoms with Gasteiger partial charge in [-0.2, -0.15) is 0 Å². The van der Waals surface area contributed by atoms with E-state index < -0.39 is 18.5 Å². The Bertz CT molecular complexity index is 574. The maximum absolute atomic E-state index is 13.9. The highest BCUT2D eigenvalue weighted by Gasteiger charge is 2.37. The first-order valence-electron chi connectivity index (χ1n) is 5.54. The Labute approximate surface area is 101 Å². The molecule has 8 heteroatoms. The predicted molar refractivity (Wildman–Crippen MR) is 60.2 cm³/mol. The molecular formula is C10H12FN5O2. The molecule has 0 aromatic carbocycles. The topological polar surface area (TPSA) is 99.1 Å². The number of aliphatic hydroxyl groups is 1. The van der Waals surface area contributed by atoms with Crippen molar-refractivity contribution in [3.8, 4) is 0 Å². The lowest BCUT2D eigenvalue weighted by atomic mass is 10.2. The largest absolute Gasteiger partial charge is 0.394 e. The van der Waals surface area contributed by atoms with Gasteiger partial charge in [0, 0.05) is 6.42 Å². The molecule has 0 amide bonds. The third-order valence-electron chi connectivity index (χ3n) is 2.99. The van der Waals surface area contributed by atoms with Crippen molar-refractivity contribution in [3.63, 3.8) is 0 Å². The van der Waals surface area contributed by atoms with Gasteiger partial charge < -0.3 is 15.6 Å². The monoisotopic (exact) mass is 253 g/mol. The van der Waals surface area contributed by atoms with E-state index in [2.05, 4.69) is 15.0 Å². The number of rotatable bonds is 2. The average Bonchev–Trinajstić information content (AvgIpc) is 2.93. The van der Waals surface area contributed by atoms with E-state index in [9.17, 15) is 4.39 Å². The summed E-state index contributed by atoms with van der Waals surface area (Å²) in [5.41, 5.74) is 6.50. The highest BCUT2D eigenvalue weighted by molar-refractivity contribution is 5.81. The average molecular weight is 253 g/mol. The van der Waals surface area contributed by atoms with E-state index in [4.69, 9.17) is 15.6 Å². The number of nitrogens with zero attached hydrogens (tertiary/aromatic N) is 4. The Morgan fingerprint density at radius 3 is 3.06 bits per heavy atom. The van der Waals surface area contributed by atoms with Crippen LogP contribution in [0.5, 0.6) is 0 Å². The molecule has 3 rings (SSSR count). The predicted octanol–water partition coefficient (Wildman–Crippen LogP) is 0.0264. The fourth-order valence-corrected chi connectivity index (χ4v) is 2.12. The molecular weight excluding hydrogens is 241 g/mol. The van der Waals surface area contributed by atoms with Crippen molar-refractivity contribution in [1.82, 2.24) is 19.5 Å². The van der Waals surface area contributed by atoms with Gasteiger partial charge in [-0.3, -0.25) is 4.57 Å². The highest BCUT2D eigenvalue weighted by atomic mass is 19.1. The van der Waals surface area contributed by atoms with Crippen LogP contribution in [0.15, 0.2) is 12.7 Å². The second-order valence-corrected chi connectivity index (χ2v) is 4.17. The Morgan fingerprint density at radius 2 is 2.33 bits per heavy atom. The molecule has 0 aliphatic carbocycles. The molecule has 3 N–H and O–H groups in total. The first kappa shape index (κ1) is 11.3. The van der Waals surface area contributed by atoms with Crippen LogP contribution in [0.4, 0.5) is 10.2 Å². The molecule has 1 saturated heterocycles. The number of ether oxygens (including phenoxy) is 1. The lowest BCUT2D eigenvalue weighted by Gasteiger charge is -2.15. The minimum Gasteiger partial charge on any atom is -0.394 e. The number of nitrogens with two attached hydrogens (primary N) is 1. The molecule has 0 bridgehead atoms. The number of hydrogen-bond acceptors (Lipinski definition) is 6. The molecule has 18 heavy (non-hydrogen) atoms. The summed E-state index contributed by atoms with van der Waals surface area (Å²) >= 11 is 0. The van der Waals surface area contributed by atoms with Gasteiger partial charge in [0.2, 0.25) is 0 Å². The fourth-order valence-electron chi connectivity index (χ4n) is 2.12. The van der Waals surface area contributed by atoms with Crippen LogP contribution in [-0.2, 0) is 4.74 Å². The molecule has 96 valence electrons. The van der Waals surface area contributed by atoms with Crippen molar-refractivity contribution in [2.45, 2.75) is 24.9 Å². The minimum atomic E-state index is -1.21. The molecule has 3 heterocycles. The van der Waals surface area contributed by atoms with E-state index in [1.807, 2.05) is 0 Å². The molecule has 3 atom stereocenters. The molecule has 1 aliphatic rings. The van der Waals surface area contributed by atoms with Crippen LogP contribution < -0.4 is 5.73 Å². The molecule has 2 aromatic heterocycles. The summed E-state index contributed by atoms with van der Waals surface area (Å²) in [6.45, 7) is -0.208. The number of aromatic nitrogens is 4. The van der Waals surface area contributed by atoms with E-state index in [-0.39, 0.29) is 18.8 Å². The summed E-state index contributed by atoms with van der Waals surface area (Å²) in [6, 6.07) is 0. The van der Waals surface area contributed by atoms with E-state index in [0.717, 1.165) is 0 Å². The van der Waals surface area contributed by atoms with Gasteiger partial charge in [-0.25, -0.2) is 19.3 Å². The summed E-state index contributed by atoms with van der Waals surface area (Å²) in [4.78, 5) is 11.9. The van der Waals surface area contributed by atoms with E-state index in [1.165, 1.54) is 17.2 Å². The first-order chi connectivity index (χ1) is 8.70. The van der Waals surface area contributed by atoms with Crippen LogP contribution in [-0.4, -0.2) is 43.5 Å². The number of imidazole rings is 1. The lowest BCUT2D eigenvalue weighted by Crippen LogP contribution is -2.16. The van der Waals surface area contributed by atoms with E-state index in [1.54, 1.807) is 0 Å². The van der Waals surface area contributed by atoms with Gasteiger partial charge in [0.05, 0.1) is 19.0 Å². The van der Waals surface area contributed by atoms with Gasteiger partial charge in [0.15, 0.2) is 17.7 Å². The van der Waals surface area contributed by atoms with Crippen LogP contribution in [0, 0.1) is 0 Å². The quantitative estimate of drug-likeness (QED) is 0.783. The molecule has 7 nitrogen and oxygen atoms in total. The van der Waals surface area contributed by atoms with Gasteiger partial charge in [-0.05, 0) is 0 Å². The number of halogens is 1. The zero-order valence-corrected chi connectivity index (χ0v) is 9.40. The third-order valence-corrected chi connectivity index (χ3v) is 2.99. The molecule has 1 fully saturated rings. The van der Waals surface area contributed by atoms with E-state index >= 15 is 0 Å². The SMILES string of the molecule is Nc1ncnc2c1ncn2C1O[C@H](CO)C[C@@H]1F. The van der Waals surface area contributed by atoms with Crippen LogP contribution in [0.2, 0.25) is 0 Å². The summed E-state index contributed by atoms with van der Waals surface area (Å²) in [5, 5.41) is 8.99. The Balaban J connectivity index is 2.02. The molecule has 0 radical (unpaired) electrons. The van der Waals surface area contributed by atoms with Gasteiger partial charge in [-0.15, -0.1) is 0 Å². The lowest BCUT2D eigenvalue weighted by molar-refractivity contribution is -0.0351. The number of fused-ring (bicyclic) bond motifs is 1. The third kappa shape index (κ3) is 1.61. The molecule has 1 unspecified atom stereocenters. The molecule has 1 aliphatic heterocycles. The van der Waals surface area contributed by atoms with Crippen molar-refractivity contribution < 1.29 is 14.2 Å². The number of alkyl halides is 1. The Kier molecular flexibility index (Phi) is 2.60. The fraction of sp³-hybridized carbons (Fsp3) is 0.500. The summed E-state index contributed by atoms with van der Waals surface area (Å²) < 4.78 is 20.7. The van der Waals surface area contributed by atoms with Crippen LogP contribution in [0.1, 0.15) is 12.6 Å². The number of hydrogen-bond donors (Lipinski definition) is 2. The molecule has 2 aromatic rings. The summed E-state index contributed by atoms with van der Waals surface area (Å²) in [7, 11) is 0. The molecule has 0 spiro atoms. The molecule has 0 saturated carbocycles. The van der Waals surface area contributed by atoms with Crippen LogP contribution >= 0.6 is 0 Å². The zero-order valence-electron chi connectivity index (χ0n) is 9.40. The smallest absolute Gasteiger partial charge is 0.168 e. The number of aliphatic hydroxyl groups excluding tert-OH is 1. The zero-order chi connectivity index (χ0) is 12.7. The second kappa shape index (κ2) is 4.14. The van der Waals surface area contributed by atoms with Gasteiger partial charge in [-0.1, -0.05) is 0 Å².